The molecule has 39 heavy (non-hydrogen) atoms. The third-order valence-corrected chi connectivity index (χ3v) is 6.68. The number of carboxylic acids is 2. The van der Waals surface area contributed by atoms with Gasteiger partial charge in [0.25, 0.3) is 0 Å². The molecule has 0 bridgehead atoms. The minimum atomic E-state index is -5.08. The molecule has 4 heterocycles. The second kappa shape index (κ2) is 15.3. The maximum atomic E-state index is 10.6. The van der Waals surface area contributed by atoms with Crippen molar-refractivity contribution in [1.82, 2.24) is 9.80 Å². The van der Waals surface area contributed by atoms with E-state index in [9.17, 15) is 26.3 Å². The summed E-state index contributed by atoms with van der Waals surface area (Å²) in [5.74, 6) is -4.74. The maximum absolute atomic E-state index is 10.6. The zero-order valence-electron chi connectivity index (χ0n) is 21.5. The van der Waals surface area contributed by atoms with Gasteiger partial charge in [-0.15, -0.1) is 0 Å². The van der Waals surface area contributed by atoms with Gasteiger partial charge in [-0.2, -0.15) is 26.3 Å². The van der Waals surface area contributed by atoms with Gasteiger partial charge in [0.1, 0.15) is 5.60 Å². The number of aliphatic carboxylic acids is 2. The number of alkyl halides is 6. The van der Waals surface area contributed by atoms with Crippen molar-refractivity contribution < 1.29 is 65.1 Å². The zero-order valence-corrected chi connectivity index (χ0v) is 21.5. The van der Waals surface area contributed by atoms with Crippen LogP contribution in [-0.2, 0) is 28.5 Å². The Kier molecular flexibility index (Phi) is 13.2. The van der Waals surface area contributed by atoms with Crippen LogP contribution in [0.2, 0.25) is 0 Å². The Balaban J connectivity index is 0.000000317. The van der Waals surface area contributed by atoms with Crippen LogP contribution in [0.5, 0.6) is 0 Å². The number of halogens is 6. The number of carbonyl (C=O) groups is 2. The van der Waals surface area contributed by atoms with Crippen molar-refractivity contribution in [3.05, 3.63) is 0 Å². The van der Waals surface area contributed by atoms with Crippen molar-refractivity contribution in [3.8, 4) is 0 Å². The third-order valence-electron chi connectivity index (χ3n) is 6.68. The summed E-state index contributed by atoms with van der Waals surface area (Å²) in [7, 11) is 0. The van der Waals surface area contributed by atoms with Gasteiger partial charge in [-0.25, -0.2) is 9.59 Å². The van der Waals surface area contributed by atoms with E-state index in [4.69, 9.17) is 38.7 Å². The summed E-state index contributed by atoms with van der Waals surface area (Å²) in [5.41, 5.74) is -0.0847. The van der Waals surface area contributed by atoms with E-state index >= 15 is 0 Å². The molecule has 0 radical (unpaired) electrons. The molecule has 4 aliphatic rings. The van der Waals surface area contributed by atoms with Crippen molar-refractivity contribution in [2.24, 2.45) is 5.92 Å². The average Bonchev–Trinajstić information content (AvgIpc) is 3.13. The number of rotatable bonds is 4. The second-order valence-corrected chi connectivity index (χ2v) is 9.82. The monoisotopic (exact) mass is 582 g/mol. The first-order valence-electron chi connectivity index (χ1n) is 12.7. The molecule has 4 aliphatic heterocycles. The number of nitrogens with zero attached hydrogens (tertiary/aromatic N) is 2. The lowest BCUT2D eigenvalue weighted by molar-refractivity contribution is -0.193. The Bertz CT molecular complexity index is 736. The van der Waals surface area contributed by atoms with Crippen LogP contribution in [0.25, 0.3) is 0 Å². The summed E-state index contributed by atoms with van der Waals surface area (Å²) in [4.78, 5) is 22.9. The average molecular weight is 583 g/mol. The molecule has 0 aromatic heterocycles. The van der Waals surface area contributed by atoms with Gasteiger partial charge >= 0.3 is 24.3 Å². The van der Waals surface area contributed by atoms with E-state index < -0.39 is 24.3 Å². The predicted octanol–water partition coefficient (Wildman–Crippen LogP) is 2.26. The number of carboxylic acid groups (broad SMARTS) is 2. The van der Waals surface area contributed by atoms with Crippen LogP contribution < -0.4 is 0 Å². The molecule has 0 aliphatic carbocycles. The lowest BCUT2D eigenvalue weighted by Gasteiger charge is -2.35. The number of hydrogen-bond acceptors (Lipinski definition) is 8. The van der Waals surface area contributed by atoms with Crippen LogP contribution in [0.1, 0.15) is 25.7 Å². The fourth-order valence-electron chi connectivity index (χ4n) is 4.75. The van der Waals surface area contributed by atoms with Gasteiger partial charge in [0, 0.05) is 52.5 Å². The molecular formula is C23H36F6N2O8. The highest BCUT2D eigenvalue weighted by molar-refractivity contribution is 5.73. The molecule has 1 spiro atoms. The first-order chi connectivity index (χ1) is 18.2. The van der Waals surface area contributed by atoms with Crippen LogP contribution in [0, 0.1) is 5.92 Å². The lowest BCUT2D eigenvalue weighted by atomic mass is 9.97. The highest BCUT2D eigenvalue weighted by Gasteiger charge is 2.44. The molecule has 0 aromatic carbocycles. The highest BCUT2D eigenvalue weighted by atomic mass is 19.4. The molecule has 0 saturated carbocycles. The smallest absolute Gasteiger partial charge is 0.475 e. The minimum absolute atomic E-state index is 0.0847. The van der Waals surface area contributed by atoms with Crippen LogP contribution in [0.3, 0.4) is 0 Å². The van der Waals surface area contributed by atoms with Crippen molar-refractivity contribution in [3.63, 3.8) is 0 Å². The number of hydrogen-bond donors (Lipinski definition) is 2. The maximum Gasteiger partial charge on any atom is 0.490 e. The summed E-state index contributed by atoms with van der Waals surface area (Å²) >= 11 is 0. The van der Waals surface area contributed by atoms with Gasteiger partial charge in [0.05, 0.1) is 32.5 Å². The quantitative estimate of drug-likeness (QED) is 0.478. The van der Waals surface area contributed by atoms with E-state index in [-0.39, 0.29) is 5.60 Å². The lowest BCUT2D eigenvalue weighted by Crippen LogP contribution is -2.47. The molecular weight excluding hydrogens is 546 g/mol. The van der Waals surface area contributed by atoms with Crippen LogP contribution in [0.15, 0.2) is 0 Å². The SMILES string of the molecule is C1CC(CN2CCOCC3(CCC(CN4CCOCC4)O3)C2)CCO1.O=C(O)C(F)(F)F.O=C(O)C(F)(F)F. The number of morpholine rings is 1. The summed E-state index contributed by atoms with van der Waals surface area (Å²) in [6.45, 7) is 11.5. The Hall–Kier alpha value is -1.72. The van der Waals surface area contributed by atoms with Crippen molar-refractivity contribution in [1.29, 1.82) is 0 Å². The molecule has 2 N–H and O–H groups in total. The third kappa shape index (κ3) is 12.6. The molecule has 228 valence electrons. The van der Waals surface area contributed by atoms with Gasteiger partial charge in [-0.05, 0) is 31.6 Å². The summed E-state index contributed by atoms with van der Waals surface area (Å²) in [5, 5.41) is 14.2. The van der Waals surface area contributed by atoms with Gasteiger partial charge in [-0.3, -0.25) is 9.80 Å². The van der Waals surface area contributed by atoms with Crippen molar-refractivity contribution in [2.45, 2.75) is 49.7 Å². The highest BCUT2D eigenvalue weighted by Crippen LogP contribution is 2.34. The topological polar surface area (TPSA) is 118 Å². The van der Waals surface area contributed by atoms with E-state index in [2.05, 4.69) is 9.80 Å². The predicted molar refractivity (Wildman–Crippen MR) is 122 cm³/mol. The minimum Gasteiger partial charge on any atom is -0.475 e. The Morgan fingerprint density at radius 2 is 1.23 bits per heavy atom. The first kappa shape index (κ1) is 33.5. The van der Waals surface area contributed by atoms with Crippen LogP contribution in [-0.4, -0.2) is 135 Å². The molecule has 4 saturated heterocycles. The molecule has 16 heteroatoms. The molecule has 4 fully saturated rings. The van der Waals surface area contributed by atoms with Crippen molar-refractivity contribution in [2.75, 3.05) is 78.9 Å². The zero-order chi connectivity index (χ0) is 29.1. The van der Waals surface area contributed by atoms with Crippen LogP contribution in [0.4, 0.5) is 26.3 Å². The molecule has 2 unspecified atom stereocenters. The van der Waals surface area contributed by atoms with Gasteiger partial charge < -0.3 is 29.2 Å². The van der Waals surface area contributed by atoms with Crippen molar-refractivity contribution >= 4 is 11.9 Å². The molecule has 10 nitrogen and oxygen atoms in total. The van der Waals surface area contributed by atoms with E-state index in [0.29, 0.717) is 6.10 Å². The Morgan fingerprint density at radius 1 is 0.744 bits per heavy atom. The Labute approximate surface area is 222 Å². The van der Waals surface area contributed by atoms with E-state index in [1.165, 1.54) is 19.4 Å². The molecule has 0 aromatic rings. The normalized spacial score (nSPS) is 27.6. The largest absolute Gasteiger partial charge is 0.490 e. The standard InChI is InChI=1S/C19H34N2O4.2C2HF3O2/c1-4-19(25-18(1)14-20-5-10-23-11-6-20)15-21(7-12-24-16-19)13-17-2-8-22-9-3-17;2*3-2(4,5)1(6)7/h17-18H,1-16H2;2*(H,6,7). The molecule has 4 rings (SSSR count). The van der Waals surface area contributed by atoms with E-state index in [1.54, 1.807) is 0 Å². The summed E-state index contributed by atoms with van der Waals surface area (Å²) in [6.07, 6.45) is -5.13. The van der Waals surface area contributed by atoms with E-state index in [0.717, 1.165) is 91.1 Å². The fourth-order valence-corrected chi connectivity index (χ4v) is 4.75. The fraction of sp³-hybridized carbons (Fsp3) is 0.913. The first-order valence-corrected chi connectivity index (χ1v) is 12.7. The second-order valence-electron chi connectivity index (χ2n) is 9.82. The van der Waals surface area contributed by atoms with Gasteiger partial charge in [0.2, 0.25) is 0 Å². The van der Waals surface area contributed by atoms with Gasteiger partial charge in [-0.1, -0.05) is 0 Å². The summed E-state index contributed by atoms with van der Waals surface area (Å²) < 4.78 is 87.0. The van der Waals surface area contributed by atoms with Gasteiger partial charge in [0.15, 0.2) is 0 Å². The molecule has 0 amide bonds. The van der Waals surface area contributed by atoms with Crippen LogP contribution >= 0.6 is 0 Å². The number of ether oxygens (including phenoxy) is 4. The Morgan fingerprint density at radius 3 is 1.77 bits per heavy atom. The van der Waals surface area contributed by atoms with E-state index in [1.807, 2.05) is 0 Å². The molecule has 2 atom stereocenters. The summed E-state index contributed by atoms with van der Waals surface area (Å²) in [6, 6.07) is 0.